The number of hydrogen-bond donors (Lipinski definition) is 0. The molecule has 4 heteroatoms. The van der Waals surface area contributed by atoms with Gasteiger partial charge in [-0.2, -0.15) is 0 Å². The summed E-state index contributed by atoms with van der Waals surface area (Å²) < 4.78 is 0. The van der Waals surface area contributed by atoms with Gasteiger partial charge in [-0.15, -0.1) is 0 Å². The number of rotatable bonds is 0. The average Bonchev–Trinajstić information content (AvgIpc) is 0.811. The van der Waals surface area contributed by atoms with Gasteiger partial charge in [0.25, 0.3) is 0 Å². The van der Waals surface area contributed by atoms with Gasteiger partial charge in [-0.1, -0.05) is 0 Å². The summed E-state index contributed by atoms with van der Waals surface area (Å²) in [5, 5.41) is 0. The first kappa shape index (κ1) is 4.26. The first-order valence-corrected chi connectivity index (χ1v) is 1.00. The molecule has 0 aliphatic heterocycles. The lowest BCUT2D eigenvalue weighted by Crippen LogP contribution is -2.11. The molecule has 0 N–H and O–H groups in total. The summed E-state index contributed by atoms with van der Waals surface area (Å²) in [4.78, 5) is 0. The van der Waals surface area contributed by atoms with Gasteiger partial charge in [0.1, 0.15) is 0 Å². The summed E-state index contributed by atoms with van der Waals surface area (Å²) in [7, 11) is 14.0. The molecular weight excluding hydrogens is 43.2 g/mol. The van der Waals surface area contributed by atoms with Crippen LogP contribution in [0.2, 0.25) is 0 Å². The van der Waals surface area contributed by atoms with E-state index in [0.29, 0.717) is 0 Å². The van der Waals surface area contributed by atoms with E-state index in [-0.39, 0.29) is 0 Å². The zero-order valence-electron chi connectivity index (χ0n) is 2.31. The molecule has 4 heavy (non-hydrogen) atoms. The minimum atomic E-state index is -0.667. The second-order valence-electron chi connectivity index (χ2n) is 0.577. The van der Waals surface area contributed by atoms with Crippen molar-refractivity contribution in [1.82, 2.24) is 0 Å². The van der Waals surface area contributed by atoms with Crippen molar-refractivity contribution in [2.24, 2.45) is 0 Å². The van der Waals surface area contributed by atoms with Crippen LogP contribution in [0.5, 0.6) is 0 Å². The van der Waals surface area contributed by atoms with E-state index >= 15 is 0 Å². The van der Waals surface area contributed by atoms with Gasteiger partial charge in [0.15, 0.2) is 0 Å². The Morgan fingerprint density at radius 2 is 1.00 bits per heavy atom. The quantitative estimate of drug-likeness (QED) is 0.289. The third kappa shape index (κ3) is 53.2. The zero-order chi connectivity index (χ0) is 3.58. The van der Waals surface area contributed by atoms with Crippen molar-refractivity contribution in [2.45, 2.75) is 0 Å². The van der Waals surface area contributed by atoms with Crippen molar-refractivity contribution < 1.29 is 0 Å². The maximum absolute atomic E-state index is 4.67. The maximum Gasteiger partial charge on any atom is -0.699 e. The standard InChI is InChI=1S/B4/c1-4(2)3/q-3. The van der Waals surface area contributed by atoms with Crippen LogP contribution >= 0.6 is 0 Å². The van der Waals surface area contributed by atoms with Crippen LogP contribution in [0, 0.1) is 0 Å². The second kappa shape index (κ2) is 1.57. The van der Waals surface area contributed by atoms with E-state index in [1.165, 1.54) is 0 Å². The first-order chi connectivity index (χ1) is 1.73. The summed E-state index contributed by atoms with van der Waals surface area (Å²) in [6, 6.07) is 0. The highest BCUT2D eigenvalue weighted by Gasteiger charge is 1.00. The topological polar surface area (TPSA) is 0 Å². The van der Waals surface area contributed by atoms with Crippen LogP contribution in [0.3, 0.4) is 0 Å². The van der Waals surface area contributed by atoms with Gasteiger partial charge in [-0.3, -0.25) is 0 Å². The van der Waals surface area contributed by atoms with Crippen LogP contribution < -0.4 is 0 Å². The van der Waals surface area contributed by atoms with Crippen LogP contribution in [0.15, 0.2) is 0 Å². The van der Waals surface area contributed by atoms with Crippen LogP contribution in [-0.4, -0.2) is 29.6 Å². The van der Waals surface area contributed by atoms with Crippen molar-refractivity contribution >= 4 is 29.6 Å². The van der Waals surface area contributed by atoms with Crippen molar-refractivity contribution in [3.8, 4) is 0 Å². The van der Waals surface area contributed by atoms with Crippen molar-refractivity contribution in [3.05, 3.63) is 0 Å². The van der Waals surface area contributed by atoms with Gasteiger partial charge >= 0.3 is 0 Å². The highest BCUT2D eigenvalue weighted by atomic mass is 12.5. The predicted octanol–water partition coefficient (Wildman–Crippen LogP) is -1.52. The number of hydrogen-bond acceptors (Lipinski definition) is 0. The molecule has 0 aliphatic carbocycles. The fourth-order valence-electron chi connectivity index (χ4n) is 0. The average molecular weight is 43.2 g/mol. The Labute approximate surface area is 30.6 Å². The molecule has 0 heterocycles. The Bertz CT molecular complexity index is 4.75. The molecule has 0 aromatic rings. The Hall–Kier alpha value is 0.260. The van der Waals surface area contributed by atoms with Gasteiger partial charge in [0.05, 0.1) is 0 Å². The highest BCUT2D eigenvalue weighted by molar-refractivity contribution is 7.49. The largest absolute Gasteiger partial charge is 0.767 e. The Morgan fingerprint density at radius 1 is 1.00 bits per heavy atom. The van der Waals surface area contributed by atoms with Crippen molar-refractivity contribution in [1.29, 1.82) is 0 Å². The molecule has 0 aromatic heterocycles. The van der Waals surface area contributed by atoms with E-state index in [2.05, 4.69) is 23.2 Å². The normalized spacial score (nSPS) is 6.75. The summed E-state index contributed by atoms with van der Waals surface area (Å²) in [6.45, 7) is 0. The lowest BCUT2D eigenvalue weighted by atomic mass is 9.08. The summed E-state index contributed by atoms with van der Waals surface area (Å²) in [5.41, 5.74) is 0. The van der Waals surface area contributed by atoms with E-state index in [1.807, 2.05) is 0 Å². The lowest BCUT2D eigenvalue weighted by molar-refractivity contribution is 4.02. The molecule has 0 saturated heterocycles. The molecule has 0 rings (SSSR count). The van der Waals surface area contributed by atoms with E-state index in [9.17, 15) is 0 Å². The van der Waals surface area contributed by atoms with Gasteiger partial charge in [-0.05, 0) is 0 Å². The van der Waals surface area contributed by atoms with Gasteiger partial charge < -0.3 is 29.6 Å². The second-order valence-corrected chi connectivity index (χ2v) is 0.577. The maximum atomic E-state index is 4.67. The third-order valence-corrected chi connectivity index (χ3v) is 0. The molecule has 0 saturated carbocycles. The van der Waals surface area contributed by atoms with E-state index in [0.717, 1.165) is 0 Å². The Kier molecular flexibility index (Phi) is 1.67. The fraction of sp³-hybridized carbons (Fsp3) is 0. The molecular formula is B4-3. The third-order valence-electron chi connectivity index (χ3n) is 0. The van der Waals surface area contributed by atoms with Crippen LogP contribution in [-0.2, 0) is 0 Å². The molecule has 0 nitrogen and oxygen atoms in total. The monoisotopic (exact) mass is 44.0 g/mol. The molecule has 0 spiro atoms. The highest BCUT2D eigenvalue weighted by Crippen LogP contribution is 1.35. The Morgan fingerprint density at radius 3 is 1.00 bits per heavy atom. The molecule has 0 unspecified atom stereocenters. The molecule has 9 radical (unpaired) electrons. The zero-order valence-corrected chi connectivity index (χ0v) is 2.31. The van der Waals surface area contributed by atoms with E-state index in [1.54, 1.807) is 0 Å². The molecule has 0 bridgehead atoms. The Balaban J connectivity index is 2.32. The molecule has 0 amide bonds. The van der Waals surface area contributed by atoms with Crippen molar-refractivity contribution in [3.63, 3.8) is 0 Å². The smallest absolute Gasteiger partial charge is 0.699 e. The first-order valence-electron chi connectivity index (χ1n) is 1.00. The van der Waals surface area contributed by atoms with E-state index < -0.39 is 6.39 Å². The molecule has 0 aliphatic rings. The van der Waals surface area contributed by atoms with Crippen LogP contribution in [0.4, 0.5) is 0 Å². The fourth-order valence-corrected chi connectivity index (χ4v) is 0. The van der Waals surface area contributed by atoms with Crippen molar-refractivity contribution in [2.75, 3.05) is 0 Å². The van der Waals surface area contributed by atoms with Gasteiger partial charge in [0, 0.05) is 0 Å². The minimum Gasteiger partial charge on any atom is -0.767 e. The summed E-state index contributed by atoms with van der Waals surface area (Å²) in [5.74, 6) is 0. The lowest BCUT2D eigenvalue weighted by Gasteiger charge is -2.46. The summed E-state index contributed by atoms with van der Waals surface area (Å²) >= 11 is 0. The molecule has 15 valence electrons. The van der Waals surface area contributed by atoms with Gasteiger partial charge in [-0.25, -0.2) is 0 Å². The van der Waals surface area contributed by atoms with Crippen LogP contribution in [0.25, 0.3) is 0 Å². The van der Waals surface area contributed by atoms with E-state index in [4.69, 9.17) is 0 Å². The van der Waals surface area contributed by atoms with Crippen LogP contribution in [0.1, 0.15) is 0 Å². The molecule has 0 atom stereocenters. The minimum absolute atomic E-state index is 0.667. The molecule has 0 aromatic carbocycles. The SMILES string of the molecule is [B-]B([B-])[B-]. The predicted molar refractivity (Wildman–Crippen MR) is 23.0 cm³/mol. The molecule has 0 fully saturated rings. The summed E-state index contributed by atoms with van der Waals surface area (Å²) in [6.07, 6.45) is -0.667. The van der Waals surface area contributed by atoms with Gasteiger partial charge in [0.2, 0.25) is 0 Å².